The minimum atomic E-state index is -2.84. The van der Waals surface area contributed by atoms with E-state index < -0.39 is 31.4 Å². The van der Waals surface area contributed by atoms with Gasteiger partial charge in [-0.15, -0.1) is 0 Å². The van der Waals surface area contributed by atoms with Crippen molar-refractivity contribution in [2.24, 2.45) is 52.3 Å². The molecule has 30 heavy (non-hydrogen) atoms. The number of ketones is 1. The molecule has 3 heteroatoms. The molecule has 0 spiro atoms. The number of hydrogen-bond donors (Lipinski definition) is 2. The van der Waals surface area contributed by atoms with Crippen molar-refractivity contribution in [2.45, 2.75) is 111 Å². The van der Waals surface area contributed by atoms with Crippen molar-refractivity contribution in [3.05, 3.63) is 0 Å². The van der Waals surface area contributed by atoms with Gasteiger partial charge >= 0.3 is 0 Å². The van der Waals surface area contributed by atoms with Crippen LogP contribution in [0.25, 0.3) is 0 Å². The Morgan fingerprint density at radius 3 is 2.50 bits per heavy atom. The van der Waals surface area contributed by atoms with Crippen molar-refractivity contribution in [1.29, 1.82) is 0 Å². The zero-order valence-electron chi connectivity index (χ0n) is 24.4. The van der Waals surface area contributed by atoms with Crippen LogP contribution in [0.4, 0.5) is 0 Å². The van der Waals surface area contributed by atoms with Gasteiger partial charge < -0.3 is 15.0 Å². The van der Waals surface area contributed by atoms with Gasteiger partial charge in [0.2, 0.25) is 0 Å². The number of aliphatic hydroxyl groups is 2. The van der Waals surface area contributed by atoms with Gasteiger partial charge in [-0.1, -0.05) is 34.0 Å². The van der Waals surface area contributed by atoms with Crippen molar-refractivity contribution in [3.63, 3.8) is 0 Å². The van der Waals surface area contributed by atoms with E-state index in [9.17, 15) is 15.0 Å². The second-order valence-corrected chi connectivity index (χ2v) is 11.9. The summed E-state index contributed by atoms with van der Waals surface area (Å²) in [5, 5.41) is 22.5. The van der Waals surface area contributed by atoms with E-state index in [1.165, 1.54) is 0 Å². The van der Waals surface area contributed by atoms with Crippen LogP contribution < -0.4 is 0 Å². The summed E-state index contributed by atoms with van der Waals surface area (Å²) in [6, 6.07) is 0. The fourth-order valence-electron chi connectivity index (χ4n) is 9.07. The van der Waals surface area contributed by atoms with Gasteiger partial charge in [-0.05, 0) is 111 Å². The van der Waals surface area contributed by atoms with Gasteiger partial charge in [0.1, 0.15) is 5.78 Å². The second-order valence-electron chi connectivity index (χ2n) is 11.9. The molecule has 4 aliphatic carbocycles. The van der Waals surface area contributed by atoms with Crippen LogP contribution in [0.3, 0.4) is 0 Å². The summed E-state index contributed by atoms with van der Waals surface area (Å²) in [5.74, 6) is 0.0135. The van der Waals surface area contributed by atoms with Crippen molar-refractivity contribution in [1.82, 2.24) is 0 Å². The highest BCUT2D eigenvalue weighted by molar-refractivity contribution is 5.75. The molecule has 0 bridgehead atoms. The summed E-state index contributed by atoms with van der Waals surface area (Å²) in [7, 11) is 0. The zero-order chi connectivity index (χ0) is 26.1. The lowest BCUT2D eigenvalue weighted by Crippen LogP contribution is -2.62. The van der Waals surface area contributed by atoms with Crippen molar-refractivity contribution < 1.29 is 21.9 Å². The normalized spacial score (nSPS) is 54.9. The van der Waals surface area contributed by atoms with E-state index in [0.29, 0.717) is 31.1 Å². The van der Waals surface area contributed by atoms with E-state index >= 15 is 0 Å². The van der Waals surface area contributed by atoms with Gasteiger partial charge in [-0.25, -0.2) is 0 Å². The van der Waals surface area contributed by atoms with Crippen molar-refractivity contribution in [2.75, 3.05) is 0 Å². The summed E-state index contributed by atoms with van der Waals surface area (Å²) >= 11 is 0. The minimum absolute atomic E-state index is 0.00692. The number of carbonyl (C=O) groups excluding carboxylic acids is 1. The molecule has 4 saturated carbocycles. The number of Topliss-reactive ketones (excluding diaryl/α,β-unsaturated/α-hetero) is 1. The monoisotopic (exact) mass is 423 g/mol. The molecule has 4 aliphatic rings. The van der Waals surface area contributed by atoms with Gasteiger partial charge in [-0.2, -0.15) is 0 Å². The molecule has 0 amide bonds. The Balaban J connectivity index is 1.72. The van der Waals surface area contributed by atoms with E-state index in [0.717, 1.165) is 38.5 Å². The first kappa shape index (κ1) is 17.1. The quantitative estimate of drug-likeness (QED) is 0.603. The van der Waals surface area contributed by atoms with E-state index in [1.54, 1.807) is 6.92 Å². The molecular formula is C27H46O3. The summed E-state index contributed by atoms with van der Waals surface area (Å²) in [4.78, 5) is 11.6. The maximum absolute atomic E-state index is 11.9. The Labute approximate surface area is 191 Å². The van der Waals surface area contributed by atoms with Gasteiger partial charge in [-0.3, -0.25) is 0 Å². The molecule has 0 aromatic heterocycles. The van der Waals surface area contributed by atoms with Gasteiger partial charge in [0, 0.05) is 13.3 Å². The van der Waals surface area contributed by atoms with E-state index in [-0.39, 0.29) is 40.3 Å². The largest absolute Gasteiger partial charge is 0.393 e. The van der Waals surface area contributed by atoms with Crippen LogP contribution in [-0.2, 0) is 4.79 Å². The summed E-state index contributed by atoms with van der Waals surface area (Å²) in [5.41, 5.74) is -0.279. The van der Waals surface area contributed by atoms with E-state index in [4.69, 9.17) is 6.85 Å². The molecule has 4 fully saturated rings. The minimum Gasteiger partial charge on any atom is -0.393 e. The molecule has 0 aromatic carbocycles. The molecule has 0 unspecified atom stereocenters. The third-order valence-corrected chi connectivity index (χ3v) is 10.6. The van der Waals surface area contributed by atoms with Crippen LogP contribution in [0.15, 0.2) is 0 Å². The van der Waals surface area contributed by atoms with Crippen LogP contribution in [0.2, 0.25) is 0 Å². The fourth-order valence-corrected chi connectivity index (χ4v) is 9.07. The second kappa shape index (κ2) is 8.18. The molecule has 0 heterocycles. The van der Waals surface area contributed by atoms with Gasteiger partial charge in [0.25, 0.3) is 0 Å². The lowest BCUT2D eigenvalue weighted by Gasteiger charge is -2.64. The van der Waals surface area contributed by atoms with Crippen molar-refractivity contribution in [3.8, 4) is 0 Å². The Kier molecular flexibility index (Phi) is 4.67. The maximum Gasteiger partial charge on any atom is 0.129 e. The molecule has 0 aliphatic heterocycles. The highest BCUT2D eigenvalue weighted by atomic mass is 16.3. The number of fused-ring (bicyclic) bond motifs is 5. The standard InChI is InChI=1S/C27H46O3/c1-6-19-23-15-18(29)11-13-27(23,5)22-12-14-26(4)20(16(2)7-8-17(3)28)9-10-21(26)24(22)25(19)30/h16,18-25,29-30H,6-15H2,1-5H3/t16-,18-,19-,20-,21+,22+,23+,24+,25-,26-,27-/m1/s1/i1D3,6D2. The van der Waals surface area contributed by atoms with E-state index in [1.807, 2.05) is 0 Å². The SMILES string of the molecule is [2H]C([2H])([2H])C([2H])([2H])[C@H]1[C@@H](O)[C@@H]2[C@H](CC[C@]3(C)[C@@H]([C@H](C)CCC(C)=O)CC[C@@H]23)[C@@]2(C)CC[C@@H](O)C[C@@H]12. The first-order chi connectivity index (χ1) is 16.1. The maximum atomic E-state index is 11.9. The molecule has 2 N–H and O–H groups in total. The van der Waals surface area contributed by atoms with Crippen LogP contribution in [0.5, 0.6) is 0 Å². The van der Waals surface area contributed by atoms with Crippen LogP contribution in [-0.4, -0.2) is 28.2 Å². The average Bonchev–Trinajstić information content (AvgIpc) is 3.09. The van der Waals surface area contributed by atoms with Gasteiger partial charge in [0.05, 0.1) is 12.2 Å². The number of aliphatic hydroxyl groups excluding tert-OH is 2. The highest BCUT2D eigenvalue weighted by Gasteiger charge is 2.64. The lowest BCUT2D eigenvalue weighted by molar-refractivity contribution is -0.203. The Bertz CT molecular complexity index is 815. The number of rotatable bonds is 5. The molecule has 11 atom stereocenters. The molecule has 0 aromatic rings. The predicted molar refractivity (Wildman–Crippen MR) is 121 cm³/mol. The molecular weight excluding hydrogens is 372 g/mol. The molecule has 4 rings (SSSR count). The number of carbonyl (C=O) groups is 1. The Morgan fingerprint density at radius 2 is 1.80 bits per heavy atom. The molecule has 0 saturated heterocycles. The lowest BCUT2D eigenvalue weighted by atomic mass is 9.41. The van der Waals surface area contributed by atoms with Crippen LogP contribution >= 0.6 is 0 Å². The number of hydrogen-bond acceptors (Lipinski definition) is 3. The third kappa shape index (κ3) is 3.41. The first-order valence-electron chi connectivity index (χ1n) is 14.9. The third-order valence-electron chi connectivity index (χ3n) is 10.6. The highest BCUT2D eigenvalue weighted by Crippen LogP contribution is 2.69. The Morgan fingerprint density at radius 1 is 1.10 bits per heavy atom. The summed E-state index contributed by atoms with van der Waals surface area (Å²) < 4.78 is 41.6. The smallest absolute Gasteiger partial charge is 0.129 e. The zero-order valence-corrected chi connectivity index (χ0v) is 19.4. The summed E-state index contributed by atoms with van der Waals surface area (Å²) in [6.07, 6.45) is 3.14. The molecule has 0 radical (unpaired) electrons. The van der Waals surface area contributed by atoms with Crippen molar-refractivity contribution >= 4 is 5.78 Å². The van der Waals surface area contributed by atoms with Gasteiger partial charge in [0.15, 0.2) is 0 Å². The van der Waals surface area contributed by atoms with Crippen LogP contribution in [0.1, 0.15) is 106 Å². The Hall–Kier alpha value is -0.410. The topological polar surface area (TPSA) is 57.5 Å². The predicted octanol–water partition coefficient (Wildman–Crippen LogP) is 5.62. The summed E-state index contributed by atoms with van der Waals surface area (Å²) in [6.45, 7) is 5.59. The fraction of sp³-hybridized carbons (Fsp3) is 0.963. The van der Waals surface area contributed by atoms with Crippen LogP contribution in [0, 0.1) is 52.3 Å². The molecule has 3 nitrogen and oxygen atoms in total. The average molecular weight is 424 g/mol. The van der Waals surface area contributed by atoms with E-state index in [2.05, 4.69) is 20.8 Å². The first-order valence-corrected chi connectivity index (χ1v) is 12.4. The molecule has 172 valence electrons.